The summed E-state index contributed by atoms with van der Waals surface area (Å²) < 4.78 is 5.16. The van der Waals surface area contributed by atoms with E-state index < -0.39 is 0 Å². The number of anilines is 1. The van der Waals surface area contributed by atoms with Gasteiger partial charge in [0.15, 0.2) is 5.82 Å². The van der Waals surface area contributed by atoms with Crippen molar-refractivity contribution >= 4 is 29.2 Å². The maximum Gasteiger partial charge on any atom is 0.242 e. The van der Waals surface area contributed by atoms with Gasteiger partial charge in [-0.1, -0.05) is 60.1 Å². The lowest BCUT2D eigenvalue weighted by atomic mass is 10.1. The second kappa shape index (κ2) is 12.5. The summed E-state index contributed by atoms with van der Waals surface area (Å²) in [7, 11) is 1.59. The summed E-state index contributed by atoms with van der Waals surface area (Å²) >= 11 is 6.27. The van der Waals surface area contributed by atoms with Crippen molar-refractivity contribution in [1.29, 1.82) is 0 Å². The molecule has 2 amide bonds. The molecule has 4 rings (SSSR count). The Morgan fingerprint density at radius 1 is 0.944 bits per heavy atom. The fraction of sp³-hybridized carbons (Fsp3) is 0.333. The molecule has 1 aromatic heterocycles. The summed E-state index contributed by atoms with van der Waals surface area (Å²) in [6.45, 7) is 3.19. The van der Waals surface area contributed by atoms with Crippen molar-refractivity contribution in [2.45, 2.75) is 6.42 Å². The Kier molecular flexibility index (Phi) is 8.86. The predicted molar refractivity (Wildman–Crippen MR) is 140 cm³/mol. The van der Waals surface area contributed by atoms with Crippen LogP contribution in [-0.2, 0) is 20.7 Å². The van der Waals surface area contributed by atoms with E-state index in [-0.39, 0.29) is 24.8 Å². The lowest BCUT2D eigenvalue weighted by Crippen LogP contribution is -2.52. The van der Waals surface area contributed by atoms with E-state index in [1.165, 1.54) is 0 Å². The van der Waals surface area contributed by atoms with E-state index in [0.29, 0.717) is 44.4 Å². The molecule has 0 aliphatic carbocycles. The van der Waals surface area contributed by atoms with Gasteiger partial charge in [-0.2, -0.15) is 0 Å². The van der Waals surface area contributed by atoms with Gasteiger partial charge < -0.3 is 19.4 Å². The Hall–Kier alpha value is -3.49. The molecule has 1 aliphatic heterocycles. The Balaban J connectivity index is 1.32. The largest absolute Gasteiger partial charge is 0.383 e. The number of aromatic nitrogens is 2. The van der Waals surface area contributed by atoms with Crippen LogP contribution < -0.4 is 4.90 Å². The number of nitrogens with zero attached hydrogens (tertiary/aromatic N) is 5. The molecule has 9 heteroatoms. The Morgan fingerprint density at radius 3 is 2.33 bits per heavy atom. The summed E-state index contributed by atoms with van der Waals surface area (Å²) in [5.74, 6) is 0.615. The van der Waals surface area contributed by atoms with Gasteiger partial charge in [0.2, 0.25) is 11.8 Å². The van der Waals surface area contributed by atoms with Crippen LogP contribution in [0, 0.1) is 0 Å². The van der Waals surface area contributed by atoms with Crippen molar-refractivity contribution in [2.75, 3.05) is 57.9 Å². The number of hydrogen-bond acceptors (Lipinski definition) is 6. The Labute approximate surface area is 216 Å². The average molecular weight is 508 g/mol. The summed E-state index contributed by atoms with van der Waals surface area (Å²) in [4.78, 5) is 31.4. The van der Waals surface area contributed by atoms with E-state index in [9.17, 15) is 9.59 Å². The second-order valence-electron chi connectivity index (χ2n) is 8.59. The minimum absolute atomic E-state index is 0.0430. The van der Waals surface area contributed by atoms with Gasteiger partial charge in [-0.3, -0.25) is 9.59 Å². The highest BCUT2D eigenvalue weighted by Gasteiger charge is 2.25. The van der Waals surface area contributed by atoms with Gasteiger partial charge in [0, 0.05) is 45.4 Å². The van der Waals surface area contributed by atoms with Gasteiger partial charge in [-0.25, -0.2) is 0 Å². The minimum Gasteiger partial charge on any atom is -0.383 e. The molecule has 36 heavy (non-hydrogen) atoms. The summed E-state index contributed by atoms with van der Waals surface area (Å²) in [5, 5.41) is 9.36. The first kappa shape index (κ1) is 25.6. The van der Waals surface area contributed by atoms with Crippen molar-refractivity contribution in [3.05, 3.63) is 77.3 Å². The van der Waals surface area contributed by atoms with Crippen molar-refractivity contribution in [1.82, 2.24) is 20.0 Å². The Bertz CT molecular complexity index is 1150. The van der Waals surface area contributed by atoms with Crippen LogP contribution in [0.25, 0.3) is 11.3 Å². The van der Waals surface area contributed by atoms with Gasteiger partial charge >= 0.3 is 0 Å². The molecule has 0 saturated carbocycles. The van der Waals surface area contributed by atoms with E-state index in [0.717, 1.165) is 22.6 Å². The van der Waals surface area contributed by atoms with E-state index in [4.69, 9.17) is 16.3 Å². The molecular weight excluding hydrogens is 478 g/mol. The first-order valence-electron chi connectivity index (χ1n) is 12.0. The monoisotopic (exact) mass is 507 g/mol. The third kappa shape index (κ3) is 6.59. The van der Waals surface area contributed by atoms with Crippen molar-refractivity contribution in [2.24, 2.45) is 0 Å². The zero-order valence-electron chi connectivity index (χ0n) is 20.3. The number of rotatable bonds is 9. The van der Waals surface area contributed by atoms with Crippen molar-refractivity contribution in [3.8, 4) is 11.3 Å². The first-order chi connectivity index (χ1) is 17.5. The van der Waals surface area contributed by atoms with Crippen molar-refractivity contribution in [3.63, 3.8) is 0 Å². The molecule has 1 saturated heterocycles. The molecule has 2 heterocycles. The van der Waals surface area contributed by atoms with E-state index in [1.54, 1.807) is 16.9 Å². The number of hydrogen-bond donors (Lipinski definition) is 0. The van der Waals surface area contributed by atoms with Crippen LogP contribution in [0.15, 0.2) is 66.7 Å². The SMILES string of the molecule is COCCN(CC(=O)N1CCN(c2ccc(-c3ccccc3Cl)nn2)CC1)C(=O)Cc1ccccc1. The summed E-state index contributed by atoms with van der Waals surface area (Å²) in [6, 6.07) is 20.9. The molecule has 0 N–H and O–H groups in total. The van der Waals surface area contributed by atoms with Crippen molar-refractivity contribution < 1.29 is 14.3 Å². The molecule has 3 aromatic rings. The minimum atomic E-state index is -0.0841. The molecule has 0 radical (unpaired) electrons. The second-order valence-corrected chi connectivity index (χ2v) is 9.00. The zero-order chi connectivity index (χ0) is 25.3. The highest BCUT2D eigenvalue weighted by molar-refractivity contribution is 6.33. The smallest absolute Gasteiger partial charge is 0.242 e. The third-order valence-electron chi connectivity index (χ3n) is 6.20. The number of carbonyl (C=O) groups excluding carboxylic acids is 2. The maximum absolute atomic E-state index is 13.0. The van der Waals surface area contributed by atoms with E-state index >= 15 is 0 Å². The normalized spacial score (nSPS) is 13.5. The molecule has 8 nitrogen and oxygen atoms in total. The van der Waals surface area contributed by atoms with Gasteiger partial charge in [0.1, 0.15) is 0 Å². The molecule has 1 fully saturated rings. The Morgan fingerprint density at radius 2 is 1.67 bits per heavy atom. The molecule has 1 aliphatic rings. The topological polar surface area (TPSA) is 78.9 Å². The summed E-state index contributed by atoms with van der Waals surface area (Å²) in [5.41, 5.74) is 2.48. The number of benzene rings is 2. The van der Waals surface area contributed by atoms with E-state index in [2.05, 4.69) is 15.1 Å². The summed E-state index contributed by atoms with van der Waals surface area (Å²) in [6.07, 6.45) is 0.258. The molecule has 0 bridgehead atoms. The van der Waals surface area contributed by atoms with Crippen LogP contribution in [-0.4, -0.2) is 84.8 Å². The molecular formula is C27H30ClN5O3. The fourth-order valence-corrected chi connectivity index (χ4v) is 4.36. The quantitative estimate of drug-likeness (QED) is 0.442. The van der Waals surface area contributed by atoms with Crippen LogP contribution in [0.3, 0.4) is 0 Å². The van der Waals surface area contributed by atoms with Gasteiger partial charge in [-0.15, -0.1) is 10.2 Å². The van der Waals surface area contributed by atoms with Crippen LogP contribution in [0.2, 0.25) is 5.02 Å². The molecule has 0 spiro atoms. The molecule has 188 valence electrons. The van der Waals surface area contributed by atoms with Gasteiger partial charge in [-0.05, 0) is 23.8 Å². The third-order valence-corrected chi connectivity index (χ3v) is 6.53. The highest BCUT2D eigenvalue weighted by atomic mass is 35.5. The lowest BCUT2D eigenvalue weighted by Gasteiger charge is -2.36. The standard InChI is InChI=1S/C27H30ClN5O3/c1-36-18-17-33(26(34)19-21-7-3-2-4-8-21)20-27(35)32-15-13-31(14-16-32)25-12-11-24(29-30-25)22-9-5-6-10-23(22)28/h2-12H,13-20H2,1H3. The highest BCUT2D eigenvalue weighted by Crippen LogP contribution is 2.26. The lowest BCUT2D eigenvalue weighted by molar-refractivity contribution is -0.140. The number of carbonyl (C=O) groups is 2. The predicted octanol–water partition coefficient (Wildman–Crippen LogP) is 3.16. The number of halogens is 1. The van der Waals surface area contributed by atoms with Crippen LogP contribution in [0.1, 0.15) is 5.56 Å². The number of ether oxygens (including phenoxy) is 1. The number of piperazine rings is 1. The number of amides is 2. The first-order valence-corrected chi connectivity index (χ1v) is 12.3. The van der Waals surface area contributed by atoms with Crippen LogP contribution >= 0.6 is 11.6 Å². The molecule has 0 unspecified atom stereocenters. The van der Waals surface area contributed by atoms with Gasteiger partial charge in [0.05, 0.1) is 30.3 Å². The maximum atomic E-state index is 13.0. The molecule has 2 aromatic carbocycles. The van der Waals surface area contributed by atoms with Gasteiger partial charge in [0.25, 0.3) is 0 Å². The fourth-order valence-electron chi connectivity index (χ4n) is 4.13. The van der Waals surface area contributed by atoms with Crippen LogP contribution in [0.4, 0.5) is 5.82 Å². The zero-order valence-corrected chi connectivity index (χ0v) is 21.1. The van der Waals surface area contributed by atoms with E-state index in [1.807, 2.05) is 66.7 Å². The van der Waals surface area contributed by atoms with Crippen LogP contribution in [0.5, 0.6) is 0 Å². The number of methoxy groups -OCH3 is 1. The molecule has 0 atom stereocenters. The average Bonchev–Trinajstić information content (AvgIpc) is 2.92.